The number of carbonyl (C=O) groups is 2. The van der Waals surface area contributed by atoms with E-state index in [1.807, 2.05) is 18.2 Å². The number of benzene rings is 3. The number of methoxy groups -OCH3 is 1. The SMILES string of the molecule is COc1ccccc1NC(=O)Cn1cc(C(=O)c2ccccc2F)c2ccccc21. The molecule has 0 saturated heterocycles. The molecule has 0 fully saturated rings. The van der Waals surface area contributed by atoms with Gasteiger partial charge in [-0.2, -0.15) is 0 Å². The van der Waals surface area contributed by atoms with Crippen molar-refractivity contribution in [2.24, 2.45) is 0 Å². The van der Waals surface area contributed by atoms with Crippen LogP contribution in [0.3, 0.4) is 0 Å². The van der Waals surface area contributed by atoms with E-state index in [2.05, 4.69) is 5.32 Å². The van der Waals surface area contributed by atoms with Gasteiger partial charge >= 0.3 is 0 Å². The van der Waals surface area contributed by atoms with E-state index >= 15 is 0 Å². The van der Waals surface area contributed by atoms with Crippen molar-refractivity contribution in [3.05, 3.63) is 95.9 Å². The second-order valence-corrected chi connectivity index (χ2v) is 6.75. The molecule has 150 valence electrons. The molecule has 0 aliphatic carbocycles. The molecular weight excluding hydrogens is 383 g/mol. The zero-order chi connectivity index (χ0) is 21.1. The Labute approximate surface area is 172 Å². The van der Waals surface area contributed by atoms with Crippen LogP contribution in [-0.4, -0.2) is 23.4 Å². The van der Waals surface area contributed by atoms with Crippen LogP contribution in [0.4, 0.5) is 10.1 Å². The average Bonchev–Trinajstić information content (AvgIpc) is 3.12. The van der Waals surface area contributed by atoms with Gasteiger partial charge in [-0.1, -0.05) is 42.5 Å². The van der Waals surface area contributed by atoms with Crippen LogP contribution >= 0.6 is 0 Å². The molecule has 1 amide bonds. The van der Waals surface area contributed by atoms with Gasteiger partial charge in [0.25, 0.3) is 0 Å². The molecule has 4 rings (SSSR count). The average molecular weight is 402 g/mol. The lowest BCUT2D eigenvalue weighted by Gasteiger charge is -2.10. The molecule has 0 spiro atoms. The van der Waals surface area contributed by atoms with Crippen molar-refractivity contribution in [2.75, 3.05) is 12.4 Å². The van der Waals surface area contributed by atoms with Crippen LogP contribution in [-0.2, 0) is 11.3 Å². The minimum absolute atomic E-state index is 0.00104. The lowest BCUT2D eigenvalue weighted by Crippen LogP contribution is -2.18. The standard InChI is InChI=1S/C24H19FN2O3/c1-30-22-13-7-5-11-20(22)26-23(28)15-27-14-18(16-8-3-6-12-21(16)27)24(29)17-9-2-4-10-19(17)25/h2-14H,15H2,1H3,(H,26,28). The lowest BCUT2D eigenvalue weighted by molar-refractivity contribution is -0.116. The van der Waals surface area contributed by atoms with Crippen molar-refractivity contribution < 1.29 is 18.7 Å². The van der Waals surface area contributed by atoms with E-state index in [1.54, 1.807) is 47.2 Å². The number of hydrogen-bond acceptors (Lipinski definition) is 3. The molecule has 5 nitrogen and oxygen atoms in total. The summed E-state index contributed by atoms with van der Waals surface area (Å²) in [6.07, 6.45) is 1.60. The van der Waals surface area contributed by atoms with Crippen LogP contribution in [0.5, 0.6) is 5.75 Å². The molecule has 1 N–H and O–H groups in total. The number of nitrogens with one attached hydrogen (secondary N) is 1. The number of amides is 1. The molecule has 0 saturated carbocycles. The largest absolute Gasteiger partial charge is 0.495 e. The normalized spacial score (nSPS) is 10.7. The summed E-state index contributed by atoms with van der Waals surface area (Å²) >= 11 is 0. The Kier molecular flexibility index (Phi) is 5.30. The Hall–Kier alpha value is -3.93. The fourth-order valence-corrected chi connectivity index (χ4v) is 3.44. The van der Waals surface area contributed by atoms with Crippen LogP contribution in [0, 0.1) is 5.82 Å². The Morgan fingerprint density at radius 3 is 2.43 bits per heavy atom. The second-order valence-electron chi connectivity index (χ2n) is 6.75. The first kappa shape index (κ1) is 19.4. The summed E-state index contributed by atoms with van der Waals surface area (Å²) in [5.74, 6) is -0.717. The smallest absolute Gasteiger partial charge is 0.244 e. The summed E-state index contributed by atoms with van der Waals surface area (Å²) in [4.78, 5) is 25.6. The molecule has 1 heterocycles. The number of carbonyl (C=O) groups excluding carboxylic acids is 2. The Bertz CT molecular complexity index is 1250. The van der Waals surface area contributed by atoms with Crippen LogP contribution in [0.15, 0.2) is 79.0 Å². The number of anilines is 1. The van der Waals surface area contributed by atoms with Crippen LogP contribution < -0.4 is 10.1 Å². The number of rotatable bonds is 6. The van der Waals surface area contributed by atoms with Gasteiger partial charge in [0, 0.05) is 22.7 Å². The molecule has 0 radical (unpaired) electrons. The highest BCUT2D eigenvalue weighted by Crippen LogP contribution is 2.26. The Morgan fingerprint density at radius 2 is 1.63 bits per heavy atom. The predicted octanol–water partition coefficient (Wildman–Crippen LogP) is 4.66. The van der Waals surface area contributed by atoms with E-state index in [0.29, 0.717) is 27.9 Å². The van der Waals surface area contributed by atoms with Crippen molar-refractivity contribution in [2.45, 2.75) is 6.54 Å². The highest BCUT2D eigenvalue weighted by Gasteiger charge is 2.20. The van der Waals surface area contributed by atoms with Crippen molar-refractivity contribution in [1.29, 1.82) is 0 Å². The van der Waals surface area contributed by atoms with Crippen molar-refractivity contribution in [1.82, 2.24) is 4.57 Å². The van der Waals surface area contributed by atoms with Gasteiger partial charge in [0.1, 0.15) is 18.1 Å². The molecule has 6 heteroatoms. The number of fused-ring (bicyclic) bond motifs is 1. The van der Waals surface area contributed by atoms with Crippen molar-refractivity contribution >= 4 is 28.3 Å². The van der Waals surface area contributed by atoms with Gasteiger partial charge in [0.15, 0.2) is 5.78 Å². The third kappa shape index (κ3) is 3.67. The first-order valence-electron chi connectivity index (χ1n) is 9.38. The first-order chi connectivity index (χ1) is 14.6. The lowest BCUT2D eigenvalue weighted by atomic mass is 10.0. The molecule has 4 aromatic rings. The van der Waals surface area contributed by atoms with Gasteiger partial charge in [-0.3, -0.25) is 9.59 Å². The van der Waals surface area contributed by atoms with Crippen LogP contribution in [0.25, 0.3) is 10.9 Å². The van der Waals surface area contributed by atoms with E-state index in [0.717, 1.165) is 0 Å². The van der Waals surface area contributed by atoms with Gasteiger partial charge in [0.05, 0.1) is 18.4 Å². The Morgan fingerprint density at radius 1 is 0.933 bits per heavy atom. The number of halogens is 1. The molecule has 0 aliphatic heterocycles. The van der Waals surface area contributed by atoms with Crippen molar-refractivity contribution in [3.63, 3.8) is 0 Å². The predicted molar refractivity (Wildman–Crippen MR) is 113 cm³/mol. The van der Waals surface area contributed by atoms with E-state index < -0.39 is 11.6 Å². The van der Waals surface area contributed by atoms with Gasteiger partial charge in [-0.25, -0.2) is 4.39 Å². The molecule has 0 bridgehead atoms. The second kappa shape index (κ2) is 8.21. The van der Waals surface area contributed by atoms with E-state index in [1.165, 1.54) is 25.3 Å². The maximum absolute atomic E-state index is 14.2. The van der Waals surface area contributed by atoms with Crippen LogP contribution in [0.1, 0.15) is 15.9 Å². The van der Waals surface area contributed by atoms with Gasteiger partial charge in [-0.05, 0) is 30.3 Å². The third-order valence-electron chi connectivity index (χ3n) is 4.85. The zero-order valence-electron chi connectivity index (χ0n) is 16.3. The summed E-state index contributed by atoms with van der Waals surface area (Å²) < 4.78 is 21.1. The molecule has 1 aromatic heterocycles. The fourth-order valence-electron chi connectivity index (χ4n) is 3.44. The first-order valence-corrected chi connectivity index (χ1v) is 9.38. The summed E-state index contributed by atoms with van der Waals surface area (Å²) in [5, 5.41) is 3.49. The minimum Gasteiger partial charge on any atom is -0.495 e. The van der Waals surface area contributed by atoms with E-state index in [4.69, 9.17) is 4.74 Å². The minimum atomic E-state index is -0.576. The Balaban J connectivity index is 1.66. The fraction of sp³-hybridized carbons (Fsp3) is 0.0833. The number of hydrogen-bond donors (Lipinski definition) is 1. The highest BCUT2D eigenvalue weighted by molar-refractivity contribution is 6.16. The van der Waals surface area contributed by atoms with Crippen LogP contribution in [0.2, 0.25) is 0 Å². The van der Waals surface area contributed by atoms with E-state index in [-0.39, 0.29) is 18.0 Å². The monoisotopic (exact) mass is 402 g/mol. The molecule has 30 heavy (non-hydrogen) atoms. The zero-order valence-corrected chi connectivity index (χ0v) is 16.3. The molecule has 0 unspecified atom stereocenters. The quantitative estimate of drug-likeness (QED) is 0.477. The summed E-state index contributed by atoms with van der Waals surface area (Å²) in [6, 6.07) is 20.2. The number of aromatic nitrogens is 1. The van der Waals surface area contributed by atoms with Gasteiger partial charge in [-0.15, -0.1) is 0 Å². The van der Waals surface area contributed by atoms with Gasteiger partial charge in [0.2, 0.25) is 5.91 Å². The highest BCUT2D eigenvalue weighted by atomic mass is 19.1. The topological polar surface area (TPSA) is 60.3 Å². The van der Waals surface area contributed by atoms with Crippen molar-refractivity contribution in [3.8, 4) is 5.75 Å². The number of ether oxygens (including phenoxy) is 1. The molecule has 0 atom stereocenters. The third-order valence-corrected chi connectivity index (χ3v) is 4.85. The molecular formula is C24H19FN2O3. The maximum Gasteiger partial charge on any atom is 0.244 e. The maximum atomic E-state index is 14.2. The number of nitrogens with zero attached hydrogens (tertiary/aromatic N) is 1. The molecule has 0 aliphatic rings. The molecule has 3 aromatic carbocycles. The van der Waals surface area contributed by atoms with E-state index in [9.17, 15) is 14.0 Å². The van der Waals surface area contributed by atoms with Gasteiger partial charge < -0.3 is 14.6 Å². The summed E-state index contributed by atoms with van der Waals surface area (Å²) in [5.41, 5.74) is 1.62. The summed E-state index contributed by atoms with van der Waals surface area (Å²) in [7, 11) is 1.53. The number of para-hydroxylation sites is 3. The number of ketones is 1. The summed E-state index contributed by atoms with van der Waals surface area (Å²) in [6.45, 7) is -0.0108.